The first-order valence-corrected chi connectivity index (χ1v) is 10.8. The van der Waals surface area contributed by atoms with Gasteiger partial charge in [0.25, 0.3) is 5.91 Å². The molecule has 150 valence electrons. The van der Waals surface area contributed by atoms with Crippen molar-refractivity contribution >= 4 is 21.7 Å². The predicted octanol–water partition coefficient (Wildman–Crippen LogP) is 1.77. The molecule has 0 spiro atoms. The molecule has 0 aliphatic carbocycles. The maximum atomic E-state index is 12.4. The van der Waals surface area contributed by atoms with Crippen molar-refractivity contribution in [2.24, 2.45) is 0 Å². The Morgan fingerprint density at radius 1 is 1.19 bits per heavy atom. The second-order valence-corrected chi connectivity index (χ2v) is 9.38. The van der Waals surface area contributed by atoms with Gasteiger partial charge in [-0.2, -0.15) is 0 Å². The zero-order chi connectivity index (χ0) is 20.2. The second-order valence-electron chi connectivity index (χ2n) is 7.15. The van der Waals surface area contributed by atoms with E-state index in [2.05, 4.69) is 13.8 Å². The summed E-state index contributed by atoms with van der Waals surface area (Å²) >= 11 is 0. The summed E-state index contributed by atoms with van der Waals surface area (Å²) in [5.41, 5.74) is 1.17. The van der Waals surface area contributed by atoms with Crippen molar-refractivity contribution in [1.82, 2.24) is 4.90 Å². The Labute approximate surface area is 160 Å². The zero-order valence-corrected chi connectivity index (χ0v) is 17.0. The number of hydrogen-bond acceptors (Lipinski definition) is 6. The van der Waals surface area contributed by atoms with Crippen LogP contribution in [0.1, 0.15) is 38.7 Å². The van der Waals surface area contributed by atoms with E-state index in [1.165, 1.54) is 24.4 Å². The van der Waals surface area contributed by atoms with E-state index >= 15 is 0 Å². The number of carbonyl (C=O) groups excluding carboxylic acids is 2. The van der Waals surface area contributed by atoms with E-state index in [4.69, 9.17) is 9.47 Å². The standard InChI is InChI=1S/C19H27NO6S/c1-13(2)15-5-7-17(8-6-15)25-11-18(21)26-14(3)19(22)20(4)16-9-10-27(23,24)12-16/h5-8,13-14,16H,9-12H2,1-4H3/t14-,16-/m0/s1. The quantitative estimate of drug-likeness (QED) is 0.652. The Bertz CT molecular complexity index is 772. The van der Waals surface area contributed by atoms with Crippen LogP contribution in [0, 0.1) is 0 Å². The van der Waals surface area contributed by atoms with Gasteiger partial charge in [0, 0.05) is 13.1 Å². The largest absolute Gasteiger partial charge is 0.482 e. The molecule has 1 saturated heterocycles. The molecule has 2 atom stereocenters. The van der Waals surface area contributed by atoms with Crippen LogP contribution in [0.2, 0.25) is 0 Å². The van der Waals surface area contributed by atoms with Gasteiger partial charge in [-0.05, 0) is 37.0 Å². The SMILES string of the molecule is CC(C)c1ccc(OCC(=O)O[C@@H](C)C(=O)N(C)[C@H]2CCS(=O)(=O)C2)cc1. The molecule has 0 saturated carbocycles. The summed E-state index contributed by atoms with van der Waals surface area (Å²) in [6.45, 7) is 5.34. The van der Waals surface area contributed by atoms with Gasteiger partial charge in [-0.15, -0.1) is 0 Å². The number of nitrogens with zero attached hydrogens (tertiary/aromatic N) is 1. The molecule has 8 heteroatoms. The van der Waals surface area contributed by atoms with Crippen molar-refractivity contribution in [2.45, 2.75) is 45.3 Å². The summed E-state index contributed by atoms with van der Waals surface area (Å²) in [7, 11) is -1.56. The molecule has 7 nitrogen and oxygen atoms in total. The highest BCUT2D eigenvalue weighted by atomic mass is 32.2. The minimum atomic E-state index is -3.09. The van der Waals surface area contributed by atoms with Gasteiger partial charge in [0.2, 0.25) is 0 Å². The molecule has 0 aromatic heterocycles. The third-order valence-corrected chi connectivity index (χ3v) is 6.41. The van der Waals surface area contributed by atoms with Crippen LogP contribution in [0.3, 0.4) is 0 Å². The Hall–Kier alpha value is -2.09. The van der Waals surface area contributed by atoms with E-state index in [1.807, 2.05) is 12.1 Å². The van der Waals surface area contributed by atoms with Gasteiger partial charge >= 0.3 is 5.97 Å². The summed E-state index contributed by atoms with van der Waals surface area (Å²) in [6, 6.07) is 7.06. The van der Waals surface area contributed by atoms with Gasteiger partial charge in [-0.3, -0.25) is 4.79 Å². The lowest BCUT2D eigenvalue weighted by Crippen LogP contribution is -2.44. The summed E-state index contributed by atoms with van der Waals surface area (Å²) in [6.07, 6.45) is -0.599. The average molecular weight is 397 g/mol. The Morgan fingerprint density at radius 3 is 2.33 bits per heavy atom. The van der Waals surface area contributed by atoms with E-state index in [0.717, 1.165) is 0 Å². The van der Waals surface area contributed by atoms with Crippen LogP contribution in [0.4, 0.5) is 0 Å². The molecule has 2 rings (SSSR count). The van der Waals surface area contributed by atoms with Crippen molar-refractivity contribution in [3.8, 4) is 5.75 Å². The minimum absolute atomic E-state index is 0.0502. The van der Waals surface area contributed by atoms with E-state index in [1.54, 1.807) is 12.1 Å². The first-order valence-electron chi connectivity index (χ1n) is 8.98. The predicted molar refractivity (Wildman–Crippen MR) is 101 cm³/mol. The van der Waals surface area contributed by atoms with Gasteiger partial charge < -0.3 is 14.4 Å². The highest BCUT2D eigenvalue weighted by Gasteiger charge is 2.34. The smallest absolute Gasteiger partial charge is 0.344 e. The number of hydrogen-bond donors (Lipinski definition) is 0. The van der Waals surface area contributed by atoms with E-state index in [0.29, 0.717) is 18.1 Å². The maximum Gasteiger partial charge on any atom is 0.344 e. The molecule has 0 bridgehead atoms. The minimum Gasteiger partial charge on any atom is -0.482 e. The lowest BCUT2D eigenvalue weighted by molar-refractivity contribution is -0.160. The highest BCUT2D eigenvalue weighted by molar-refractivity contribution is 7.91. The Morgan fingerprint density at radius 2 is 1.81 bits per heavy atom. The number of rotatable bonds is 7. The zero-order valence-electron chi connectivity index (χ0n) is 16.2. The van der Waals surface area contributed by atoms with Gasteiger partial charge in [-0.25, -0.2) is 13.2 Å². The molecular formula is C19H27NO6S. The number of esters is 1. The number of sulfone groups is 1. The van der Waals surface area contributed by atoms with Crippen molar-refractivity contribution in [3.05, 3.63) is 29.8 Å². The second kappa shape index (κ2) is 8.73. The monoisotopic (exact) mass is 397 g/mol. The summed E-state index contributed by atoms with van der Waals surface area (Å²) < 4.78 is 33.6. The fourth-order valence-electron chi connectivity index (χ4n) is 2.92. The Balaban J connectivity index is 1.81. The summed E-state index contributed by atoms with van der Waals surface area (Å²) in [5.74, 6) is -0.104. The van der Waals surface area contributed by atoms with Crippen molar-refractivity contribution in [1.29, 1.82) is 0 Å². The molecule has 1 aliphatic heterocycles. The van der Waals surface area contributed by atoms with Gasteiger partial charge in [0.1, 0.15) is 5.75 Å². The average Bonchev–Trinajstić information content (AvgIpc) is 2.98. The molecule has 0 radical (unpaired) electrons. The molecule has 1 aliphatic rings. The van der Waals surface area contributed by atoms with Gasteiger partial charge in [0.15, 0.2) is 22.5 Å². The molecule has 0 unspecified atom stereocenters. The lowest BCUT2D eigenvalue weighted by Gasteiger charge is -2.26. The number of amides is 1. The molecule has 1 heterocycles. The van der Waals surface area contributed by atoms with Crippen molar-refractivity contribution in [2.75, 3.05) is 25.2 Å². The topological polar surface area (TPSA) is 90.0 Å². The van der Waals surface area contributed by atoms with E-state index in [9.17, 15) is 18.0 Å². The number of likely N-dealkylation sites (N-methyl/N-ethyl adjacent to an activating group) is 1. The third-order valence-electron chi connectivity index (χ3n) is 4.66. The van der Waals surface area contributed by atoms with Gasteiger partial charge in [-0.1, -0.05) is 26.0 Å². The van der Waals surface area contributed by atoms with Crippen molar-refractivity contribution in [3.63, 3.8) is 0 Å². The number of benzene rings is 1. The first kappa shape index (κ1) is 21.2. The first-order chi connectivity index (χ1) is 12.6. The van der Waals surface area contributed by atoms with Crippen LogP contribution >= 0.6 is 0 Å². The normalized spacial score (nSPS) is 19.5. The molecular weight excluding hydrogens is 370 g/mol. The number of ether oxygens (including phenoxy) is 2. The molecule has 1 aromatic rings. The molecule has 0 N–H and O–H groups in total. The van der Waals surface area contributed by atoms with E-state index < -0.39 is 27.8 Å². The third kappa shape index (κ3) is 5.95. The maximum absolute atomic E-state index is 12.4. The summed E-state index contributed by atoms with van der Waals surface area (Å²) in [4.78, 5) is 25.7. The highest BCUT2D eigenvalue weighted by Crippen LogP contribution is 2.19. The van der Waals surface area contributed by atoms with Crippen molar-refractivity contribution < 1.29 is 27.5 Å². The Kier molecular flexibility index (Phi) is 6.86. The molecule has 1 aromatic carbocycles. The van der Waals surface area contributed by atoms with Gasteiger partial charge in [0.05, 0.1) is 11.5 Å². The summed E-state index contributed by atoms with van der Waals surface area (Å²) in [5, 5.41) is 0. The fourth-order valence-corrected chi connectivity index (χ4v) is 4.69. The van der Waals surface area contributed by atoms with Crippen LogP contribution in [0.5, 0.6) is 5.75 Å². The fraction of sp³-hybridized carbons (Fsp3) is 0.579. The molecule has 1 amide bonds. The van der Waals surface area contributed by atoms with E-state index in [-0.39, 0.29) is 24.2 Å². The molecule has 27 heavy (non-hydrogen) atoms. The van der Waals surface area contributed by atoms with Crippen LogP contribution in [0.25, 0.3) is 0 Å². The molecule has 1 fully saturated rings. The van der Waals surface area contributed by atoms with Crippen LogP contribution in [0.15, 0.2) is 24.3 Å². The lowest BCUT2D eigenvalue weighted by atomic mass is 10.0. The van der Waals surface area contributed by atoms with Crippen LogP contribution in [-0.2, 0) is 24.2 Å². The van der Waals surface area contributed by atoms with Crippen LogP contribution in [-0.4, -0.2) is 62.5 Å². The number of carbonyl (C=O) groups is 2. The van der Waals surface area contributed by atoms with Crippen LogP contribution < -0.4 is 4.74 Å².